The number of para-hydroxylation sites is 2. The fraction of sp³-hybridized carbons (Fsp3) is 0. The maximum Gasteiger partial charge on any atom is 0.211 e. The predicted octanol–water partition coefficient (Wildman–Crippen LogP) is 4.69. The number of hydrogen-bond donors (Lipinski definition) is 1. The molecule has 2 heterocycles. The maximum atomic E-state index is 3.43. The number of H-pyrrole nitrogens is 1. The van der Waals surface area contributed by atoms with E-state index in [9.17, 15) is 0 Å². The molecule has 4 rings (SSSR count). The first-order chi connectivity index (χ1) is 11.4. The number of aromatic amines is 1. The van der Waals surface area contributed by atoms with Crippen LogP contribution in [0, 0.1) is 0 Å². The van der Waals surface area contributed by atoms with Gasteiger partial charge in [0.2, 0.25) is 11.2 Å². The molecule has 110 valence electrons. The Morgan fingerprint density at radius 2 is 1.70 bits per heavy atom. The minimum atomic E-state index is 1.08. The molecule has 0 radical (unpaired) electrons. The van der Waals surface area contributed by atoms with E-state index in [1.165, 1.54) is 10.9 Å². The molecule has 1 aliphatic rings. The van der Waals surface area contributed by atoms with Gasteiger partial charge in [0.1, 0.15) is 0 Å². The van der Waals surface area contributed by atoms with Gasteiger partial charge in [-0.15, -0.1) is 0 Å². The molecule has 0 unspecified atom stereocenters. The van der Waals surface area contributed by atoms with Crippen molar-refractivity contribution in [3.8, 4) is 0 Å². The summed E-state index contributed by atoms with van der Waals surface area (Å²) < 4.78 is 0. The first kappa shape index (κ1) is 13.5. The molecule has 2 heteroatoms. The van der Waals surface area contributed by atoms with Crippen LogP contribution in [0.1, 0.15) is 11.3 Å². The highest BCUT2D eigenvalue weighted by Gasteiger charge is 2.04. The fourth-order valence-electron chi connectivity index (χ4n) is 2.72. The first-order valence-electron chi connectivity index (χ1n) is 7.72. The van der Waals surface area contributed by atoms with Crippen LogP contribution < -0.4 is 10.3 Å². The van der Waals surface area contributed by atoms with Crippen molar-refractivity contribution in [2.24, 2.45) is 0 Å². The van der Waals surface area contributed by atoms with Crippen molar-refractivity contribution in [1.29, 1.82) is 0 Å². The highest BCUT2D eigenvalue weighted by molar-refractivity contribution is 5.76. The Bertz CT molecular complexity index is 949. The van der Waals surface area contributed by atoms with Crippen LogP contribution in [0.5, 0.6) is 0 Å². The lowest BCUT2D eigenvalue weighted by atomic mass is 10.1. The van der Waals surface area contributed by atoms with E-state index in [-0.39, 0.29) is 0 Å². The van der Waals surface area contributed by atoms with Gasteiger partial charge < -0.3 is 5.32 Å². The Balaban J connectivity index is 1.55. The largest absolute Gasteiger partial charge is 0.355 e. The molecule has 3 aromatic rings. The number of aromatic nitrogens is 1. The second-order valence-corrected chi connectivity index (χ2v) is 5.53. The molecule has 2 nitrogen and oxygen atoms in total. The Morgan fingerprint density at radius 3 is 2.70 bits per heavy atom. The first-order valence-corrected chi connectivity index (χ1v) is 7.72. The Morgan fingerprint density at radius 1 is 0.826 bits per heavy atom. The monoisotopic (exact) mass is 297 g/mol. The molecule has 23 heavy (non-hydrogen) atoms. The second-order valence-electron chi connectivity index (χ2n) is 5.53. The highest BCUT2D eigenvalue weighted by Crippen LogP contribution is 2.23. The minimum absolute atomic E-state index is 1.08. The van der Waals surface area contributed by atoms with Gasteiger partial charge in [-0.1, -0.05) is 42.5 Å². The van der Waals surface area contributed by atoms with E-state index in [0.29, 0.717) is 0 Å². The number of hydrogen-bond acceptors (Lipinski definition) is 1. The third-order valence-corrected chi connectivity index (χ3v) is 3.92. The summed E-state index contributed by atoms with van der Waals surface area (Å²) >= 11 is 0. The molecule has 0 spiro atoms. The van der Waals surface area contributed by atoms with Gasteiger partial charge in [-0.2, -0.15) is 0 Å². The van der Waals surface area contributed by atoms with Gasteiger partial charge in [0.25, 0.3) is 0 Å². The Labute approximate surface area is 135 Å². The summed E-state index contributed by atoms with van der Waals surface area (Å²) in [7, 11) is 0. The summed E-state index contributed by atoms with van der Waals surface area (Å²) in [5, 5.41) is 4.64. The third-order valence-electron chi connectivity index (χ3n) is 3.92. The number of pyridine rings is 1. The normalized spacial score (nSPS) is 15.0. The number of allylic oxidation sites excluding steroid dienone is 3. The summed E-state index contributed by atoms with van der Waals surface area (Å²) in [4.78, 5) is 3.43. The molecule has 0 bridgehead atoms. The van der Waals surface area contributed by atoms with Crippen LogP contribution in [0.15, 0.2) is 84.6 Å². The summed E-state index contributed by atoms with van der Waals surface area (Å²) in [5.41, 5.74) is 5.68. The van der Waals surface area contributed by atoms with Gasteiger partial charge in [0.05, 0.1) is 0 Å². The van der Waals surface area contributed by atoms with Gasteiger partial charge in [0.15, 0.2) is 0 Å². The van der Waals surface area contributed by atoms with Crippen molar-refractivity contribution in [1.82, 2.24) is 0 Å². The van der Waals surface area contributed by atoms with Gasteiger partial charge in [0, 0.05) is 35.0 Å². The lowest BCUT2D eigenvalue weighted by molar-refractivity contribution is -0.347. The molecule has 0 saturated heterocycles. The number of rotatable bonds is 2. The van der Waals surface area contributed by atoms with E-state index in [1.54, 1.807) is 0 Å². The van der Waals surface area contributed by atoms with Gasteiger partial charge in [-0.3, -0.25) is 0 Å². The van der Waals surface area contributed by atoms with E-state index < -0.39 is 0 Å². The molecule has 1 aromatic heterocycles. The zero-order valence-electron chi connectivity index (χ0n) is 12.7. The predicted molar refractivity (Wildman–Crippen MR) is 96.7 cm³/mol. The van der Waals surface area contributed by atoms with Crippen LogP contribution in [-0.4, -0.2) is 0 Å². The average molecular weight is 297 g/mol. The number of benzene rings is 2. The molecular weight excluding hydrogens is 280 g/mol. The van der Waals surface area contributed by atoms with Crippen molar-refractivity contribution < 1.29 is 4.98 Å². The van der Waals surface area contributed by atoms with Crippen molar-refractivity contribution in [3.05, 3.63) is 95.8 Å². The van der Waals surface area contributed by atoms with Crippen molar-refractivity contribution >= 4 is 28.7 Å². The summed E-state index contributed by atoms with van der Waals surface area (Å²) in [5.74, 6) is 0. The molecule has 2 N–H and O–H groups in total. The summed E-state index contributed by atoms with van der Waals surface area (Å²) in [6, 6.07) is 20.8. The topological polar surface area (TPSA) is 26.2 Å². The molecule has 0 amide bonds. The van der Waals surface area contributed by atoms with E-state index in [2.05, 4.69) is 89.2 Å². The summed E-state index contributed by atoms with van der Waals surface area (Å²) in [6.45, 7) is 0. The zero-order valence-corrected chi connectivity index (χ0v) is 12.7. The van der Waals surface area contributed by atoms with E-state index in [0.717, 1.165) is 22.6 Å². The minimum Gasteiger partial charge on any atom is -0.355 e. The van der Waals surface area contributed by atoms with Crippen molar-refractivity contribution in [3.63, 3.8) is 0 Å². The van der Waals surface area contributed by atoms with Crippen molar-refractivity contribution in [2.75, 3.05) is 5.32 Å². The fourth-order valence-corrected chi connectivity index (χ4v) is 2.72. The average Bonchev–Trinajstić information content (AvgIpc) is 2.61. The molecule has 2 aromatic carbocycles. The highest BCUT2D eigenvalue weighted by atomic mass is 14.9. The van der Waals surface area contributed by atoms with E-state index in [1.807, 2.05) is 12.1 Å². The van der Waals surface area contributed by atoms with Crippen LogP contribution in [0.4, 0.5) is 5.69 Å². The second kappa shape index (κ2) is 5.93. The molecule has 0 atom stereocenters. The third kappa shape index (κ3) is 2.92. The lowest BCUT2D eigenvalue weighted by Gasteiger charge is -2.14. The van der Waals surface area contributed by atoms with Crippen LogP contribution in [0.3, 0.4) is 0 Å². The number of anilines is 1. The zero-order chi connectivity index (χ0) is 15.5. The Hall–Kier alpha value is -3.13. The van der Waals surface area contributed by atoms with Gasteiger partial charge >= 0.3 is 0 Å². The molecule has 0 aliphatic carbocycles. The van der Waals surface area contributed by atoms with E-state index >= 15 is 0 Å². The summed E-state index contributed by atoms with van der Waals surface area (Å²) in [6.07, 6.45) is 10.4. The van der Waals surface area contributed by atoms with Crippen molar-refractivity contribution in [2.45, 2.75) is 0 Å². The quantitative estimate of drug-likeness (QED) is 0.729. The van der Waals surface area contributed by atoms with E-state index in [4.69, 9.17) is 0 Å². The maximum absolute atomic E-state index is 3.43. The molecule has 1 aliphatic heterocycles. The lowest BCUT2D eigenvalue weighted by Crippen LogP contribution is -2.07. The standard InChI is InChI=1S/C21H16N2/c1-3-10-20-16(6-1)12-14-18(22-20)8-5-9-19-15-13-17-7-2-4-11-21(17)23-19/h1-15,22H/p+1. The number of fused-ring (bicyclic) bond motifs is 2. The SMILES string of the molecule is C(=Cc1ccc2ccccc2[nH+]1)C=C1C=Cc2ccccc2N1. The van der Waals surface area contributed by atoms with Crippen LogP contribution in [-0.2, 0) is 0 Å². The smallest absolute Gasteiger partial charge is 0.211 e. The van der Waals surface area contributed by atoms with Gasteiger partial charge in [-0.05, 0) is 35.9 Å². The number of nitrogens with one attached hydrogen (secondary N) is 2. The Kier molecular flexibility index (Phi) is 3.49. The molecule has 0 saturated carbocycles. The molecular formula is C21H17N2+. The molecule has 0 fully saturated rings. The van der Waals surface area contributed by atoms with Crippen LogP contribution >= 0.6 is 0 Å². The van der Waals surface area contributed by atoms with Crippen LogP contribution in [0.2, 0.25) is 0 Å². The van der Waals surface area contributed by atoms with Crippen LogP contribution in [0.25, 0.3) is 23.1 Å². The van der Waals surface area contributed by atoms with Gasteiger partial charge in [-0.25, -0.2) is 4.98 Å².